The first-order valence-electron chi connectivity index (χ1n) is 6.65. The number of carbonyl (C=O) groups excluding carboxylic acids is 1. The lowest BCUT2D eigenvalue weighted by Crippen LogP contribution is -2.39. The van der Waals surface area contributed by atoms with Crippen LogP contribution in [0.15, 0.2) is 24.3 Å². The first kappa shape index (κ1) is 14.4. The smallest absolute Gasteiger partial charge is 0.356 e. The maximum absolute atomic E-state index is 12.3. The summed E-state index contributed by atoms with van der Waals surface area (Å²) in [6, 6.07) is 6.62. The molecule has 0 fully saturated rings. The molecule has 0 aliphatic carbocycles. The van der Waals surface area contributed by atoms with Gasteiger partial charge in [0.2, 0.25) is 0 Å². The molecule has 1 aliphatic rings. The van der Waals surface area contributed by atoms with E-state index in [1.165, 1.54) is 0 Å². The van der Waals surface area contributed by atoms with Gasteiger partial charge in [-0.25, -0.2) is 9.59 Å². The average molecular weight is 321 g/mol. The molecule has 3 N–H and O–H groups in total. The number of carbonyl (C=O) groups is 2. The molecule has 0 saturated carbocycles. The largest absolute Gasteiger partial charge is 0.476 e. The lowest BCUT2D eigenvalue weighted by Gasteiger charge is -2.26. The molecule has 2 aromatic rings. The van der Waals surface area contributed by atoms with E-state index in [4.69, 9.17) is 16.7 Å². The summed E-state index contributed by atoms with van der Waals surface area (Å²) in [4.78, 5) is 24.9. The number of amides is 2. The van der Waals surface area contributed by atoms with Crippen molar-refractivity contribution in [3.8, 4) is 0 Å². The maximum Gasteiger partial charge on any atom is 0.356 e. The highest BCUT2D eigenvalue weighted by molar-refractivity contribution is 6.30. The molecule has 0 saturated heterocycles. The second-order valence-electron chi connectivity index (χ2n) is 4.95. The van der Waals surface area contributed by atoms with Crippen molar-refractivity contribution >= 4 is 29.3 Å². The van der Waals surface area contributed by atoms with Crippen LogP contribution >= 0.6 is 11.6 Å². The number of carboxylic acid groups (broad SMARTS) is 1. The first-order chi connectivity index (χ1) is 10.5. The van der Waals surface area contributed by atoms with Crippen LogP contribution in [0.25, 0.3) is 0 Å². The molecule has 0 atom stereocenters. The summed E-state index contributed by atoms with van der Waals surface area (Å²) in [5, 5.41) is 18.8. The van der Waals surface area contributed by atoms with E-state index < -0.39 is 5.97 Å². The Morgan fingerprint density at radius 1 is 1.41 bits per heavy atom. The van der Waals surface area contributed by atoms with Crippen LogP contribution in [0.1, 0.15) is 21.7 Å². The summed E-state index contributed by atoms with van der Waals surface area (Å²) in [7, 11) is 0. The Hall–Kier alpha value is -2.54. The summed E-state index contributed by atoms with van der Waals surface area (Å²) in [6.45, 7) is 0.723. The molecule has 1 aliphatic heterocycles. The van der Waals surface area contributed by atoms with Crippen LogP contribution in [-0.4, -0.2) is 38.7 Å². The number of nitrogens with one attached hydrogen (secondary N) is 2. The van der Waals surface area contributed by atoms with E-state index in [-0.39, 0.29) is 11.7 Å². The molecule has 0 spiro atoms. The molecule has 1 aromatic heterocycles. The zero-order valence-corrected chi connectivity index (χ0v) is 12.2. The van der Waals surface area contributed by atoms with Crippen molar-refractivity contribution < 1.29 is 14.7 Å². The number of hydrogen-bond donors (Lipinski definition) is 3. The lowest BCUT2D eigenvalue weighted by atomic mass is 10.0. The number of rotatable bonds is 2. The number of H-pyrrole nitrogens is 1. The third kappa shape index (κ3) is 2.75. The van der Waals surface area contributed by atoms with Crippen molar-refractivity contribution in [1.82, 2.24) is 15.1 Å². The highest BCUT2D eigenvalue weighted by Crippen LogP contribution is 2.21. The zero-order chi connectivity index (χ0) is 15.7. The molecule has 2 amide bonds. The first-order valence-corrected chi connectivity index (χ1v) is 7.03. The number of aromatic amines is 1. The van der Waals surface area contributed by atoms with Crippen molar-refractivity contribution in [2.24, 2.45) is 0 Å². The summed E-state index contributed by atoms with van der Waals surface area (Å²) < 4.78 is 0. The van der Waals surface area contributed by atoms with Gasteiger partial charge in [-0.2, -0.15) is 5.10 Å². The van der Waals surface area contributed by atoms with Crippen molar-refractivity contribution in [2.45, 2.75) is 13.0 Å². The quantitative estimate of drug-likeness (QED) is 0.791. The Morgan fingerprint density at radius 3 is 2.95 bits per heavy atom. The number of halogens is 1. The minimum Gasteiger partial charge on any atom is -0.476 e. The normalized spacial score (nSPS) is 13.6. The van der Waals surface area contributed by atoms with Gasteiger partial charge in [-0.05, 0) is 24.6 Å². The van der Waals surface area contributed by atoms with Crippen molar-refractivity contribution in [1.29, 1.82) is 0 Å². The van der Waals surface area contributed by atoms with E-state index in [0.29, 0.717) is 41.5 Å². The molecule has 22 heavy (non-hydrogen) atoms. The number of anilines is 1. The third-order valence-corrected chi connectivity index (χ3v) is 3.73. The molecule has 7 nitrogen and oxygen atoms in total. The van der Waals surface area contributed by atoms with Gasteiger partial charge in [0, 0.05) is 22.8 Å². The fraction of sp³-hybridized carbons (Fsp3) is 0.214. The van der Waals surface area contributed by atoms with E-state index in [1.54, 1.807) is 29.2 Å². The van der Waals surface area contributed by atoms with E-state index >= 15 is 0 Å². The van der Waals surface area contributed by atoms with Gasteiger partial charge in [0.05, 0.1) is 12.2 Å². The van der Waals surface area contributed by atoms with Gasteiger partial charge < -0.3 is 15.3 Å². The molecule has 8 heteroatoms. The molecule has 114 valence electrons. The molecular weight excluding hydrogens is 308 g/mol. The van der Waals surface area contributed by atoms with Crippen LogP contribution in [0.3, 0.4) is 0 Å². The number of aromatic nitrogens is 2. The van der Waals surface area contributed by atoms with Gasteiger partial charge in [-0.15, -0.1) is 0 Å². The van der Waals surface area contributed by atoms with Gasteiger partial charge in [-0.3, -0.25) is 5.10 Å². The lowest BCUT2D eigenvalue weighted by molar-refractivity contribution is 0.0689. The molecule has 0 bridgehead atoms. The molecule has 0 unspecified atom stereocenters. The molecule has 0 radical (unpaired) electrons. The van der Waals surface area contributed by atoms with Crippen LogP contribution in [0.5, 0.6) is 0 Å². The van der Waals surface area contributed by atoms with Crippen LogP contribution in [-0.2, 0) is 13.0 Å². The molecule has 1 aromatic carbocycles. The van der Waals surface area contributed by atoms with Crippen molar-refractivity contribution in [2.75, 3.05) is 11.9 Å². The second-order valence-corrected chi connectivity index (χ2v) is 5.38. The summed E-state index contributed by atoms with van der Waals surface area (Å²) >= 11 is 5.88. The summed E-state index contributed by atoms with van der Waals surface area (Å²) in [5.41, 5.74) is 1.97. The zero-order valence-electron chi connectivity index (χ0n) is 11.5. The van der Waals surface area contributed by atoms with Gasteiger partial charge in [0.15, 0.2) is 5.69 Å². The van der Waals surface area contributed by atoms with Crippen molar-refractivity contribution in [3.63, 3.8) is 0 Å². The van der Waals surface area contributed by atoms with Crippen LogP contribution in [0.2, 0.25) is 5.02 Å². The number of nitrogens with zero attached hydrogens (tertiary/aromatic N) is 2. The topological polar surface area (TPSA) is 98.3 Å². The van der Waals surface area contributed by atoms with Gasteiger partial charge >= 0.3 is 12.0 Å². The average Bonchev–Trinajstić information content (AvgIpc) is 2.90. The van der Waals surface area contributed by atoms with E-state index in [2.05, 4.69) is 15.5 Å². The molecule has 2 heterocycles. The predicted molar refractivity (Wildman–Crippen MR) is 80.1 cm³/mol. The van der Waals surface area contributed by atoms with Gasteiger partial charge in [-0.1, -0.05) is 17.7 Å². The summed E-state index contributed by atoms with van der Waals surface area (Å²) in [6.07, 6.45) is 0.455. The molecular formula is C14H13ClN4O3. The Balaban J connectivity index is 1.72. The Bertz CT molecular complexity index is 743. The number of aromatic carboxylic acids is 1. The number of fused-ring (bicyclic) bond motifs is 1. The van der Waals surface area contributed by atoms with Gasteiger partial charge in [0.25, 0.3) is 0 Å². The second kappa shape index (κ2) is 5.69. The standard InChI is InChI=1S/C14H13ClN4O3/c15-8-2-1-3-9(6-8)16-14(22)19-5-4-10-11(7-19)17-18-12(10)13(20)21/h1-3,6H,4-5,7H2,(H,16,22)(H,17,18)(H,20,21). The van der Waals surface area contributed by atoms with Crippen LogP contribution in [0, 0.1) is 0 Å². The van der Waals surface area contributed by atoms with E-state index in [9.17, 15) is 9.59 Å². The van der Waals surface area contributed by atoms with Crippen LogP contribution in [0.4, 0.5) is 10.5 Å². The van der Waals surface area contributed by atoms with Crippen molar-refractivity contribution in [3.05, 3.63) is 46.2 Å². The highest BCUT2D eigenvalue weighted by Gasteiger charge is 2.27. The van der Waals surface area contributed by atoms with E-state index in [1.807, 2.05) is 0 Å². The molecule has 3 rings (SSSR count). The third-order valence-electron chi connectivity index (χ3n) is 3.50. The number of hydrogen-bond acceptors (Lipinski definition) is 3. The fourth-order valence-corrected chi connectivity index (χ4v) is 2.63. The highest BCUT2D eigenvalue weighted by atomic mass is 35.5. The fourth-order valence-electron chi connectivity index (χ4n) is 2.44. The monoisotopic (exact) mass is 320 g/mol. The van der Waals surface area contributed by atoms with E-state index in [0.717, 1.165) is 0 Å². The SMILES string of the molecule is O=C(O)c1n[nH]c2c1CCN(C(=O)Nc1cccc(Cl)c1)C2. The number of urea groups is 1. The number of carboxylic acids is 1. The predicted octanol–water partition coefficient (Wildman–Crippen LogP) is 2.35. The van der Waals surface area contributed by atoms with Crippen LogP contribution < -0.4 is 5.32 Å². The minimum absolute atomic E-state index is 0.0323. The maximum atomic E-state index is 12.3. The number of benzene rings is 1. The Morgan fingerprint density at radius 2 is 2.23 bits per heavy atom. The summed E-state index contributed by atoms with van der Waals surface area (Å²) in [5.74, 6) is -1.06. The Labute approximate surface area is 130 Å². The van der Waals surface area contributed by atoms with Gasteiger partial charge in [0.1, 0.15) is 0 Å². The minimum atomic E-state index is -1.06. The Kier molecular flexibility index (Phi) is 3.72.